The highest BCUT2D eigenvalue weighted by Crippen LogP contribution is 2.42. The molecule has 3 N–H and O–H groups in total. The first-order valence-electron chi connectivity index (χ1n) is 7.63. The molecule has 120 valence electrons. The topological polar surface area (TPSA) is 92.8 Å². The minimum atomic E-state index is 0.0255. The fourth-order valence-corrected chi connectivity index (χ4v) is 3.85. The third-order valence-corrected chi connectivity index (χ3v) is 5.06. The molecule has 4 rings (SSSR count). The predicted octanol–water partition coefficient (Wildman–Crippen LogP) is 3.10. The van der Waals surface area contributed by atoms with Crippen molar-refractivity contribution < 1.29 is 0 Å². The number of H-pyrrole nitrogens is 1. The van der Waals surface area contributed by atoms with Crippen LogP contribution in [-0.4, -0.2) is 25.1 Å². The van der Waals surface area contributed by atoms with Gasteiger partial charge in [0.1, 0.15) is 6.33 Å². The lowest BCUT2D eigenvalue weighted by molar-refractivity contribution is 0.633. The number of nitrogens with two attached hydrogens (primary N) is 1. The first-order valence-corrected chi connectivity index (χ1v) is 8.51. The molecule has 1 aliphatic rings. The average Bonchev–Trinajstić information content (AvgIpc) is 3.17. The Bertz CT molecular complexity index is 847. The molecule has 3 heterocycles. The Kier molecular flexibility index (Phi) is 4.00. The fourth-order valence-electron chi connectivity index (χ4n) is 2.85. The fraction of sp³-hybridized carbons (Fsp3) is 0.176. The van der Waals surface area contributed by atoms with E-state index >= 15 is 0 Å². The molecule has 0 fully saturated rings. The number of nitrogens with one attached hydrogen (secondary N) is 1. The van der Waals surface area contributed by atoms with Crippen LogP contribution in [0.4, 0.5) is 0 Å². The molecular weight excluding hydrogens is 320 g/mol. The second-order valence-electron chi connectivity index (χ2n) is 5.57. The molecule has 6 nitrogen and oxygen atoms in total. The summed E-state index contributed by atoms with van der Waals surface area (Å²) >= 11 is 1.57. The van der Waals surface area contributed by atoms with E-state index in [-0.39, 0.29) is 11.3 Å². The summed E-state index contributed by atoms with van der Waals surface area (Å²) in [5.41, 5.74) is 10.3. The minimum Gasteiger partial charge on any atom is -0.379 e. The number of hydrogen-bond acceptors (Lipinski definition) is 6. The molecule has 0 bridgehead atoms. The van der Waals surface area contributed by atoms with Gasteiger partial charge in [0, 0.05) is 24.2 Å². The van der Waals surface area contributed by atoms with Crippen LogP contribution in [0.15, 0.2) is 60.5 Å². The number of amidine groups is 1. The molecule has 0 aliphatic carbocycles. The third kappa shape index (κ3) is 3.03. The van der Waals surface area contributed by atoms with Crippen molar-refractivity contribution in [2.24, 2.45) is 10.7 Å². The van der Waals surface area contributed by atoms with Crippen molar-refractivity contribution in [3.8, 4) is 11.1 Å². The summed E-state index contributed by atoms with van der Waals surface area (Å²) in [6.07, 6.45) is 9.64. The molecule has 0 amide bonds. The van der Waals surface area contributed by atoms with Crippen LogP contribution in [0.25, 0.3) is 11.1 Å². The number of nitrogens with zero attached hydrogens (tertiary/aromatic N) is 4. The molecule has 2 aromatic heterocycles. The molecule has 2 unspecified atom stereocenters. The van der Waals surface area contributed by atoms with Gasteiger partial charge in [0.25, 0.3) is 0 Å². The van der Waals surface area contributed by atoms with Crippen molar-refractivity contribution in [2.45, 2.75) is 17.7 Å². The number of rotatable bonds is 3. The Balaban J connectivity index is 1.65. The molecule has 0 saturated carbocycles. The molecule has 0 radical (unpaired) electrons. The summed E-state index contributed by atoms with van der Waals surface area (Å²) in [7, 11) is 0. The highest BCUT2D eigenvalue weighted by atomic mass is 32.2. The van der Waals surface area contributed by atoms with E-state index in [1.807, 2.05) is 24.7 Å². The molecule has 2 atom stereocenters. The molecule has 7 heteroatoms. The third-order valence-electron chi connectivity index (χ3n) is 4.00. The highest BCUT2D eigenvalue weighted by Gasteiger charge is 2.27. The zero-order valence-corrected chi connectivity index (χ0v) is 13.6. The predicted molar refractivity (Wildman–Crippen MR) is 95.4 cm³/mol. The van der Waals surface area contributed by atoms with Gasteiger partial charge in [0.2, 0.25) is 0 Å². The molecule has 1 aliphatic heterocycles. The van der Waals surface area contributed by atoms with Crippen molar-refractivity contribution in [1.82, 2.24) is 19.9 Å². The Morgan fingerprint density at radius 2 is 2.04 bits per heavy atom. The maximum atomic E-state index is 6.06. The van der Waals surface area contributed by atoms with Crippen molar-refractivity contribution in [1.29, 1.82) is 0 Å². The number of aromatic nitrogens is 4. The Labute approximate surface area is 143 Å². The lowest BCUT2D eigenvalue weighted by Gasteiger charge is -2.25. The summed E-state index contributed by atoms with van der Waals surface area (Å²) in [6, 6.07) is 8.34. The zero-order chi connectivity index (χ0) is 16.4. The maximum Gasteiger partial charge on any atom is 0.155 e. The van der Waals surface area contributed by atoms with E-state index in [1.54, 1.807) is 18.1 Å². The SMILES string of the molecule is NC1=NC(c2cccc(-c3cncnc3)c2)CC(c2c[nH]cn2)S1. The van der Waals surface area contributed by atoms with E-state index in [4.69, 9.17) is 5.73 Å². The van der Waals surface area contributed by atoms with Gasteiger partial charge in [-0.2, -0.15) is 0 Å². The van der Waals surface area contributed by atoms with E-state index in [2.05, 4.69) is 43.1 Å². The first kappa shape index (κ1) is 14.9. The monoisotopic (exact) mass is 336 g/mol. The van der Waals surface area contributed by atoms with Gasteiger partial charge >= 0.3 is 0 Å². The summed E-state index contributed by atoms with van der Waals surface area (Å²) in [5, 5.41) is 0.815. The molecule has 0 saturated heterocycles. The minimum absolute atomic E-state index is 0.0255. The summed E-state index contributed by atoms with van der Waals surface area (Å²) in [5.74, 6) is 0. The van der Waals surface area contributed by atoms with Gasteiger partial charge in [0.05, 0.1) is 23.3 Å². The molecule has 1 aromatic carbocycles. The van der Waals surface area contributed by atoms with E-state index in [0.29, 0.717) is 5.17 Å². The van der Waals surface area contributed by atoms with Gasteiger partial charge in [-0.15, -0.1) is 0 Å². The first-order chi connectivity index (χ1) is 11.8. The Hall–Kier alpha value is -2.67. The summed E-state index contributed by atoms with van der Waals surface area (Å²) < 4.78 is 0. The Morgan fingerprint density at radius 1 is 1.17 bits per heavy atom. The van der Waals surface area contributed by atoms with Gasteiger partial charge < -0.3 is 10.7 Å². The summed E-state index contributed by atoms with van der Waals surface area (Å²) in [4.78, 5) is 20.2. The number of imidazole rings is 1. The van der Waals surface area contributed by atoms with Gasteiger partial charge in [-0.3, -0.25) is 4.99 Å². The second-order valence-corrected chi connectivity index (χ2v) is 6.80. The van der Waals surface area contributed by atoms with Gasteiger partial charge in [-0.25, -0.2) is 15.0 Å². The van der Waals surface area contributed by atoms with Gasteiger partial charge in [-0.05, 0) is 23.6 Å². The van der Waals surface area contributed by atoms with Crippen LogP contribution in [0.1, 0.15) is 29.0 Å². The van der Waals surface area contributed by atoms with Gasteiger partial charge in [0.15, 0.2) is 5.17 Å². The van der Waals surface area contributed by atoms with E-state index in [1.165, 1.54) is 6.33 Å². The van der Waals surface area contributed by atoms with Crippen molar-refractivity contribution in [3.63, 3.8) is 0 Å². The molecule has 0 spiro atoms. The number of aromatic amines is 1. The normalized spacial score (nSPS) is 20.6. The van der Waals surface area contributed by atoms with Crippen LogP contribution in [0, 0.1) is 0 Å². The van der Waals surface area contributed by atoms with Crippen LogP contribution >= 0.6 is 11.8 Å². The average molecular weight is 336 g/mol. The van der Waals surface area contributed by atoms with Crippen molar-refractivity contribution in [2.75, 3.05) is 0 Å². The van der Waals surface area contributed by atoms with Crippen molar-refractivity contribution in [3.05, 3.63) is 66.8 Å². The van der Waals surface area contributed by atoms with Gasteiger partial charge in [-0.1, -0.05) is 30.0 Å². The number of benzene rings is 1. The highest BCUT2D eigenvalue weighted by molar-refractivity contribution is 8.14. The molecule has 3 aromatic rings. The number of aliphatic imine (C=N–C) groups is 1. The number of hydrogen-bond donors (Lipinski definition) is 2. The lowest BCUT2D eigenvalue weighted by Crippen LogP contribution is -2.18. The smallest absolute Gasteiger partial charge is 0.155 e. The van der Waals surface area contributed by atoms with E-state index < -0.39 is 0 Å². The van der Waals surface area contributed by atoms with Crippen molar-refractivity contribution >= 4 is 16.9 Å². The largest absolute Gasteiger partial charge is 0.379 e. The maximum absolute atomic E-state index is 6.06. The molecule has 24 heavy (non-hydrogen) atoms. The molecular formula is C17H16N6S. The second kappa shape index (κ2) is 6.45. The van der Waals surface area contributed by atoms with E-state index in [9.17, 15) is 0 Å². The standard InChI is InChI=1S/C17H16N6S/c18-17-23-14(5-16(24-17)15-8-21-10-22-15)12-3-1-2-11(4-12)13-6-19-9-20-7-13/h1-4,6-10,14,16H,5H2,(H2,18,23)(H,21,22). The zero-order valence-electron chi connectivity index (χ0n) is 12.8. The lowest BCUT2D eigenvalue weighted by atomic mass is 9.97. The van der Waals surface area contributed by atoms with Crippen LogP contribution in [-0.2, 0) is 0 Å². The quantitative estimate of drug-likeness (QED) is 0.766. The Morgan fingerprint density at radius 3 is 2.83 bits per heavy atom. The number of thioether (sulfide) groups is 1. The summed E-state index contributed by atoms with van der Waals surface area (Å²) in [6.45, 7) is 0. The van der Waals surface area contributed by atoms with Crippen LogP contribution < -0.4 is 5.73 Å². The van der Waals surface area contributed by atoms with E-state index in [0.717, 1.165) is 28.8 Å². The van der Waals surface area contributed by atoms with Crippen LogP contribution in [0.3, 0.4) is 0 Å². The van der Waals surface area contributed by atoms with Crippen LogP contribution in [0.5, 0.6) is 0 Å². The van der Waals surface area contributed by atoms with Crippen LogP contribution in [0.2, 0.25) is 0 Å².